The number of hydrogen-bond acceptors (Lipinski definition) is 4. The lowest BCUT2D eigenvalue weighted by Crippen LogP contribution is -2.31. The Hall–Kier alpha value is -4.01. The highest BCUT2D eigenvalue weighted by Crippen LogP contribution is 2.13. The van der Waals surface area contributed by atoms with Gasteiger partial charge in [0.15, 0.2) is 11.3 Å². The quantitative estimate of drug-likeness (QED) is 0.473. The summed E-state index contributed by atoms with van der Waals surface area (Å²) in [6.07, 6.45) is 9.87. The largest absolute Gasteiger partial charge is 0.503 e. The number of aromatic hydroxyl groups is 1. The van der Waals surface area contributed by atoms with Crippen molar-refractivity contribution in [3.05, 3.63) is 103 Å². The molecular weight excluding hydrogens is 456 g/mol. The van der Waals surface area contributed by atoms with Crippen LogP contribution in [0.3, 0.4) is 0 Å². The van der Waals surface area contributed by atoms with Crippen molar-refractivity contribution in [2.24, 2.45) is 0 Å². The Bertz CT molecular complexity index is 1450. The number of carbonyl (C=O) groups is 1. The van der Waals surface area contributed by atoms with Crippen molar-refractivity contribution in [3.8, 4) is 5.75 Å². The summed E-state index contributed by atoms with van der Waals surface area (Å²) in [5.74, 6) is -3.32. The minimum Gasteiger partial charge on any atom is -0.503 e. The molecule has 0 aliphatic carbocycles. The molecule has 2 N–H and O–H groups in total. The molecule has 3 aromatic rings. The van der Waals surface area contributed by atoms with Crippen LogP contribution < -0.4 is 16.3 Å². The van der Waals surface area contributed by atoms with E-state index in [4.69, 9.17) is 0 Å². The first-order valence-electron chi connectivity index (χ1n) is 11.1. The number of nitrogens with zero attached hydrogens (tertiary/aromatic N) is 2. The summed E-state index contributed by atoms with van der Waals surface area (Å²) in [5.41, 5.74) is 0.0719. The van der Waals surface area contributed by atoms with Crippen LogP contribution in [0.25, 0.3) is 5.52 Å². The lowest BCUT2D eigenvalue weighted by Gasteiger charge is -2.11. The fourth-order valence-corrected chi connectivity index (χ4v) is 3.49. The minimum atomic E-state index is -1.02. The number of rotatable bonds is 8. The van der Waals surface area contributed by atoms with Crippen molar-refractivity contribution in [1.82, 2.24) is 14.3 Å². The van der Waals surface area contributed by atoms with E-state index in [9.17, 15) is 28.3 Å². The molecule has 9 heteroatoms. The molecule has 184 valence electrons. The average molecular weight is 484 g/mol. The van der Waals surface area contributed by atoms with E-state index in [0.29, 0.717) is 6.07 Å². The number of hydrogen-bond donors (Lipinski definition) is 2. The number of amides is 1. The van der Waals surface area contributed by atoms with Crippen LogP contribution in [0, 0.1) is 11.6 Å². The van der Waals surface area contributed by atoms with E-state index in [1.807, 2.05) is 26.8 Å². The number of aromatic nitrogens is 2. The van der Waals surface area contributed by atoms with Crippen LogP contribution in [0.1, 0.15) is 49.5 Å². The molecule has 3 rings (SSSR count). The van der Waals surface area contributed by atoms with Gasteiger partial charge in [-0.25, -0.2) is 8.78 Å². The first kappa shape index (κ1) is 25.6. The minimum absolute atomic E-state index is 0.0250. The van der Waals surface area contributed by atoms with Gasteiger partial charge in [-0.2, -0.15) is 0 Å². The molecule has 0 aliphatic heterocycles. The number of halogens is 2. The Morgan fingerprint density at radius 1 is 1.11 bits per heavy atom. The molecule has 0 bridgehead atoms. The van der Waals surface area contributed by atoms with Crippen LogP contribution >= 0.6 is 0 Å². The number of benzene rings is 1. The Balaban J connectivity index is 1.84. The number of nitrogens with one attached hydrogen (secondary N) is 1. The molecule has 0 saturated carbocycles. The smallest absolute Gasteiger partial charge is 0.279 e. The molecule has 0 atom stereocenters. The summed E-state index contributed by atoms with van der Waals surface area (Å²) < 4.78 is 29.4. The molecule has 1 aromatic carbocycles. The van der Waals surface area contributed by atoms with E-state index in [1.165, 1.54) is 33.0 Å². The van der Waals surface area contributed by atoms with Gasteiger partial charge in [0, 0.05) is 43.3 Å². The van der Waals surface area contributed by atoms with Crippen LogP contribution in [0.5, 0.6) is 5.75 Å². The van der Waals surface area contributed by atoms with Gasteiger partial charge in [-0.1, -0.05) is 29.4 Å². The van der Waals surface area contributed by atoms with Gasteiger partial charge in [0.2, 0.25) is 5.43 Å². The number of allylic oxidation sites excluding steroid dienone is 4. The summed E-state index contributed by atoms with van der Waals surface area (Å²) in [4.78, 5) is 38.1. The molecule has 7 nitrogen and oxygen atoms in total. The van der Waals surface area contributed by atoms with Crippen molar-refractivity contribution in [3.63, 3.8) is 0 Å². The highest BCUT2D eigenvalue weighted by molar-refractivity contribution is 5.94. The van der Waals surface area contributed by atoms with Gasteiger partial charge in [0.05, 0.1) is 0 Å². The fourth-order valence-electron chi connectivity index (χ4n) is 3.49. The third-order valence-electron chi connectivity index (χ3n) is 5.51. The summed E-state index contributed by atoms with van der Waals surface area (Å²) in [7, 11) is 0. The van der Waals surface area contributed by atoms with Gasteiger partial charge >= 0.3 is 0 Å². The molecule has 0 aliphatic rings. The van der Waals surface area contributed by atoms with E-state index in [0.717, 1.165) is 30.7 Å². The summed E-state index contributed by atoms with van der Waals surface area (Å²) >= 11 is 0. The Morgan fingerprint density at radius 3 is 2.54 bits per heavy atom. The topological polar surface area (TPSA) is 92.8 Å². The van der Waals surface area contributed by atoms with Crippen LogP contribution in [0.4, 0.5) is 8.78 Å². The zero-order chi connectivity index (χ0) is 25.7. The maximum absolute atomic E-state index is 13.8. The zero-order valence-corrected chi connectivity index (χ0v) is 19.8. The third kappa shape index (κ3) is 6.11. The molecule has 2 aromatic heterocycles. The molecule has 1 amide bonds. The van der Waals surface area contributed by atoms with Crippen molar-refractivity contribution in [2.75, 3.05) is 0 Å². The van der Waals surface area contributed by atoms with E-state index in [1.54, 1.807) is 0 Å². The Morgan fingerprint density at radius 2 is 1.86 bits per heavy atom. The average Bonchev–Trinajstić information content (AvgIpc) is 2.79. The predicted octanol–water partition coefficient (Wildman–Crippen LogP) is 4.07. The van der Waals surface area contributed by atoms with Crippen LogP contribution in [0.2, 0.25) is 0 Å². The van der Waals surface area contributed by atoms with Gasteiger partial charge in [-0.05, 0) is 39.7 Å². The predicted molar refractivity (Wildman–Crippen MR) is 130 cm³/mol. The van der Waals surface area contributed by atoms with Crippen LogP contribution in [-0.4, -0.2) is 20.0 Å². The molecule has 0 spiro atoms. The van der Waals surface area contributed by atoms with Gasteiger partial charge in [0.25, 0.3) is 11.5 Å². The molecular formula is C26H27F2N3O4. The third-order valence-corrected chi connectivity index (χ3v) is 5.51. The van der Waals surface area contributed by atoms with Crippen LogP contribution in [0.15, 0.2) is 69.7 Å². The van der Waals surface area contributed by atoms with Gasteiger partial charge in [-0.3, -0.25) is 14.4 Å². The van der Waals surface area contributed by atoms with Gasteiger partial charge in [0.1, 0.15) is 17.2 Å². The van der Waals surface area contributed by atoms with Crippen molar-refractivity contribution in [1.29, 1.82) is 0 Å². The molecule has 35 heavy (non-hydrogen) atoms. The highest BCUT2D eigenvalue weighted by Gasteiger charge is 2.19. The normalized spacial score (nSPS) is 11.5. The lowest BCUT2D eigenvalue weighted by molar-refractivity contribution is 0.0948. The first-order chi connectivity index (χ1) is 16.6. The van der Waals surface area contributed by atoms with Gasteiger partial charge in [-0.15, -0.1) is 0 Å². The highest BCUT2D eigenvalue weighted by atomic mass is 19.1. The first-order valence-corrected chi connectivity index (χ1v) is 11.1. The van der Waals surface area contributed by atoms with Crippen LogP contribution in [-0.2, 0) is 13.1 Å². The number of carbonyl (C=O) groups excluding carboxylic acids is 1. The van der Waals surface area contributed by atoms with E-state index in [2.05, 4.69) is 11.4 Å². The number of fused-ring (bicyclic) bond motifs is 1. The van der Waals surface area contributed by atoms with Gasteiger partial charge < -0.3 is 19.4 Å². The summed E-state index contributed by atoms with van der Waals surface area (Å²) in [5, 5.41) is 12.8. The zero-order valence-electron chi connectivity index (χ0n) is 19.8. The monoisotopic (exact) mass is 483 g/mol. The maximum Gasteiger partial charge on any atom is 0.279 e. The molecule has 2 heterocycles. The van der Waals surface area contributed by atoms with E-state index >= 15 is 0 Å². The maximum atomic E-state index is 13.8. The second-order valence-corrected chi connectivity index (χ2v) is 8.52. The Kier molecular flexibility index (Phi) is 8.01. The van der Waals surface area contributed by atoms with Crippen molar-refractivity contribution < 1.29 is 18.7 Å². The summed E-state index contributed by atoms with van der Waals surface area (Å²) in [6.45, 7) is 5.99. The SMILES string of the molecule is CC(C)=CCC/C(C)=C/Cn1ccn2cc(C(=O)NCc3ccc(F)cc3F)c(=O)c(O)c2c1=O. The molecule has 0 saturated heterocycles. The Labute approximate surface area is 200 Å². The second kappa shape index (κ2) is 10.9. The van der Waals surface area contributed by atoms with Crippen molar-refractivity contribution in [2.45, 2.75) is 46.7 Å². The number of pyridine rings is 1. The second-order valence-electron chi connectivity index (χ2n) is 8.52. The molecule has 0 radical (unpaired) electrons. The molecule has 0 fully saturated rings. The molecule has 0 unspecified atom stereocenters. The standard InChI is InChI=1S/C26H27F2N3O4/c1-16(2)5-4-6-17(3)9-10-30-11-12-31-15-20(23(32)24(33)22(31)26(30)35)25(34)29-14-18-7-8-19(27)13-21(18)28/h5,7-9,11-13,15,33H,4,6,10,14H2,1-3H3,(H,29,34)/b17-9+. The lowest BCUT2D eigenvalue weighted by atomic mass is 10.1. The van der Waals surface area contributed by atoms with E-state index < -0.39 is 39.8 Å². The van der Waals surface area contributed by atoms with E-state index in [-0.39, 0.29) is 24.2 Å². The fraction of sp³-hybridized carbons (Fsp3) is 0.269. The summed E-state index contributed by atoms with van der Waals surface area (Å²) in [6, 6.07) is 2.91. The van der Waals surface area contributed by atoms with Crippen molar-refractivity contribution >= 4 is 11.4 Å².